The first-order chi connectivity index (χ1) is 11.1. The molecule has 0 spiro atoms. The van der Waals surface area contributed by atoms with Gasteiger partial charge in [0, 0.05) is 19.2 Å². The maximum Gasteiger partial charge on any atom is 0.253 e. The molecule has 4 nitrogen and oxygen atoms in total. The molecule has 2 rings (SSSR count). The third-order valence-corrected chi connectivity index (χ3v) is 3.87. The lowest BCUT2D eigenvalue weighted by Gasteiger charge is -2.18. The first kappa shape index (κ1) is 17.6. The van der Waals surface area contributed by atoms with E-state index >= 15 is 0 Å². The normalized spacial score (nSPS) is 11.8. The molecular formula is C17H17Cl2NO3. The van der Waals surface area contributed by atoms with Gasteiger partial charge < -0.3 is 14.8 Å². The van der Waals surface area contributed by atoms with E-state index < -0.39 is 6.10 Å². The number of ether oxygens (including phenoxy) is 2. The fourth-order valence-corrected chi connectivity index (χ4v) is 2.64. The zero-order valence-corrected chi connectivity index (χ0v) is 14.3. The van der Waals surface area contributed by atoms with Crippen molar-refractivity contribution in [1.29, 1.82) is 0 Å². The minimum Gasteiger partial charge on any atom is -0.487 e. The van der Waals surface area contributed by atoms with E-state index in [4.69, 9.17) is 32.7 Å². The van der Waals surface area contributed by atoms with Crippen molar-refractivity contribution in [3.63, 3.8) is 0 Å². The Morgan fingerprint density at radius 1 is 1.22 bits per heavy atom. The van der Waals surface area contributed by atoms with Crippen LogP contribution in [0.5, 0.6) is 5.75 Å². The Bertz CT molecular complexity index is 691. The molecule has 0 saturated carbocycles. The molecule has 0 fully saturated rings. The molecule has 0 aliphatic rings. The average molecular weight is 354 g/mol. The second-order valence-electron chi connectivity index (χ2n) is 4.79. The van der Waals surface area contributed by atoms with E-state index in [2.05, 4.69) is 5.32 Å². The van der Waals surface area contributed by atoms with Gasteiger partial charge in [-0.15, -0.1) is 0 Å². The van der Waals surface area contributed by atoms with Crippen molar-refractivity contribution >= 4 is 29.1 Å². The molecule has 0 heterocycles. The van der Waals surface area contributed by atoms with Crippen LogP contribution in [0.3, 0.4) is 0 Å². The van der Waals surface area contributed by atoms with Crippen molar-refractivity contribution in [2.75, 3.05) is 14.2 Å². The Morgan fingerprint density at radius 3 is 2.61 bits per heavy atom. The Balaban J connectivity index is 2.22. The lowest BCUT2D eigenvalue weighted by molar-refractivity contribution is -0.130. The molecule has 0 bridgehead atoms. The molecular weight excluding hydrogens is 337 g/mol. The summed E-state index contributed by atoms with van der Waals surface area (Å²) >= 11 is 12.0. The molecule has 0 saturated heterocycles. The first-order valence-corrected chi connectivity index (χ1v) is 7.72. The lowest BCUT2D eigenvalue weighted by Crippen LogP contribution is -2.27. The largest absolute Gasteiger partial charge is 0.487 e. The van der Waals surface area contributed by atoms with Crippen LogP contribution in [0.25, 0.3) is 0 Å². The van der Waals surface area contributed by atoms with Crippen LogP contribution in [0.1, 0.15) is 17.2 Å². The number of amides is 1. The summed E-state index contributed by atoms with van der Waals surface area (Å²) in [5.74, 6) is 0.309. The quantitative estimate of drug-likeness (QED) is 0.853. The minimum absolute atomic E-state index is 0.218. The van der Waals surface area contributed by atoms with Gasteiger partial charge in [0.25, 0.3) is 5.91 Å². The molecule has 1 unspecified atom stereocenters. The monoisotopic (exact) mass is 353 g/mol. The van der Waals surface area contributed by atoms with Gasteiger partial charge in [0.2, 0.25) is 0 Å². The summed E-state index contributed by atoms with van der Waals surface area (Å²) in [6, 6.07) is 12.5. The van der Waals surface area contributed by atoms with Crippen molar-refractivity contribution in [3.05, 3.63) is 63.6 Å². The zero-order chi connectivity index (χ0) is 16.8. The molecule has 2 aromatic rings. The second kappa shape index (κ2) is 8.20. The summed E-state index contributed by atoms with van der Waals surface area (Å²) in [6.45, 7) is 0.258. The highest BCUT2D eigenvalue weighted by Gasteiger charge is 2.21. The van der Waals surface area contributed by atoms with Crippen LogP contribution in [0, 0.1) is 0 Å². The maximum absolute atomic E-state index is 11.9. The molecule has 0 radical (unpaired) electrons. The molecule has 0 aliphatic heterocycles. The number of carbonyl (C=O) groups excluding carboxylic acids is 1. The SMILES string of the molecule is CNC(=O)C(OC)c1ccccc1COc1ccc(Cl)cc1Cl. The van der Waals surface area contributed by atoms with Crippen molar-refractivity contribution in [1.82, 2.24) is 5.32 Å². The Hall–Kier alpha value is -1.75. The van der Waals surface area contributed by atoms with Crippen LogP contribution < -0.4 is 10.1 Å². The summed E-state index contributed by atoms with van der Waals surface area (Å²) < 4.78 is 11.1. The molecule has 1 amide bonds. The minimum atomic E-state index is -0.694. The fourth-order valence-electron chi connectivity index (χ4n) is 2.18. The van der Waals surface area contributed by atoms with E-state index in [1.165, 1.54) is 7.11 Å². The summed E-state index contributed by atoms with van der Waals surface area (Å²) in [5.41, 5.74) is 1.59. The molecule has 1 atom stereocenters. The summed E-state index contributed by atoms with van der Waals surface area (Å²) in [7, 11) is 3.06. The maximum atomic E-state index is 11.9. The number of hydrogen-bond donors (Lipinski definition) is 1. The van der Waals surface area contributed by atoms with Gasteiger partial charge in [0.05, 0.1) is 5.02 Å². The summed E-state index contributed by atoms with van der Waals surface area (Å²) in [4.78, 5) is 11.9. The molecule has 1 N–H and O–H groups in total. The zero-order valence-electron chi connectivity index (χ0n) is 12.8. The van der Waals surface area contributed by atoms with E-state index in [-0.39, 0.29) is 12.5 Å². The van der Waals surface area contributed by atoms with Gasteiger partial charge in [-0.1, -0.05) is 47.5 Å². The predicted molar refractivity (Wildman–Crippen MR) is 91.1 cm³/mol. The number of likely N-dealkylation sites (N-methyl/N-ethyl adjacent to an activating group) is 1. The summed E-state index contributed by atoms with van der Waals surface area (Å²) in [5, 5.41) is 3.57. The van der Waals surface area contributed by atoms with Gasteiger partial charge in [0.1, 0.15) is 12.4 Å². The van der Waals surface area contributed by atoms with Gasteiger partial charge in [-0.05, 0) is 29.3 Å². The number of rotatable bonds is 6. The van der Waals surface area contributed by atoms with Gasteiger partial charge in [-0.3, -0.25) is 4.79 Å². The smallest absolute Gasteiger partial charge is 0.253 e. The number of nitrogens with one attached hydrogen (secondary N) is 1. The highest BCUT2D eigenvalue weighted by atomic mass is 35.5. The Morgan fingerprint density at radius 2 is 1.96 bits per heavy atom. The van der Waals surface area contributed by atoms with Crippen molar-refractivity contribution in [2.45, 2.75) is 12.7 Å². The Kier molecular flexibility index (Phi) is 6.28. The fraction of sp³-hybridized carbons (Fsp3) is 0.235. The van der Waals surface area contributed by atoms with Crippen LogP contribution in [-0.4, -0.2) is 20.1 Å². The third kappa shape index (κ3) is 4.38. The first-order valence-electron chi connectivity index (χ1n) is 6.97. The van der Waals surface area contributed by atoms with Gasteiger partial charge in [0.15, 0.2) is 6.10 Å². The molecule has 122 valence electrons. The van der Waals surface area contributed by atoms with Crippen LogP contribution in [0.15, 0.2) is 42.5 Å². The number of halogens is 2. The van der Waals surface area contributed by atoms with Gasteiger partial charge in [-0.25, -0.2) is 0 Å². The second-order valence-corrected chi connectivity index (χ2v) is 5.64. The number of methoxy groups -OCH3 is 1. The van der Waals surface area contributed by atoms with E-state index in [1.54, 1.807) is 25.2 Å². The Labute approximate surface area is 145 Å². The highest BCUT2D eigenvalue weighted by Crippen LogP contribution is 2.29. The lowest BCUT2D eigenvalue weighted by atomic mass is 10.0. The molecule has 2 aromatic carbocycles. The van der Waals surface area contributed by atoms with Crippen molar-refractivity contribution in [2.24, 2.45) is 0 Å². The van der Waals surface area contributed by atoms with Crippen molar-refractivity contribution < 1.29 is 14.3 Å². The van der Waals surface area contributed by atoms with Crippen molar-refractivity contribution in [3.8, 4) is 5.75 Å². The molecule has 6 heteroatoms. The highest BCUT2D eigenvalue weighted by molar-refractivity contribution is 6.35. The van der Waals surface area contributed by atoms with E-state index in [1.807, 2.05) is 24.3 Å². The van der Waals surface area contributed by atoms with Gasteiger partial charge >= 0.3 is 0 Å². The standard InChI is InChI=1S/C17H17Cl2NO3/c1-20-17(21)16(22-2)13-6-4-3-5-11(13)10-23-15-8-7-12(18)9-14(15)19/h3-9,16H,10H2,1-2H3,(H,20,21). The number of carbonyl (C=O) groups is 1. The number of benzene rings is 2. The van der Waals surface area contributed by atoms with E-state index in [9.17, 15) is 4.79 Å². The molecule has 0 aliphatic carbocycles. The average Bonchev–Trinajstić information content (AvgIpc) is 2.55. The van der Waals surface area contributed by atoms with Crippen LogP contribution in [0.2, 0.25) is 10.0 Å². The van der Waals surface area contributed by atoms with Gasteiger partial charge in [-0.2, -0.15) is 0 Å². The predicted octanol–water partition coefficient (Wildman–Crippen LogP) is 4.01. The van der Waals surface area contributed by atoms with E-state index in [0.717, 1.165) is 11.1 Å². The van der Waals surface area contributed by atoms with E-state index in [0.29, 0.717) is 15.8 Å². The third-order valence-electron chi connectivity index (χ3n) is 3.33. The topological polar surface area (TPSA) is 47.6 Å². The van der Waals surface area contributed by atoms with Crippen LogP contribution in [-0.2, 0) is 16.1 Å². The molecule has 0 aromatic heterocycles. The van der Waals surface area contributed by atoms with Crippen LogP contribution in [0.4, 0.5) is 0 Å². The molecule has 23 heavy (non-hydrogen) atoms. The number of hydrogen-bond acceptors (Lipinski definition) is 3. The van der Waals surface area contributed by atoms with Crippen LogP contribution >= 0.6 is 23.2 Å². The summed E-state index contributed by atoms with van der Waals surface area (Å²) in [6.07, 6.45) is -0.694.